The fourth-order valence-electron chi connectivity index (χ4n) is 3.07. The average Bonchev–Trinajstić information content (AvgIpc) is 2.71. The monoisotopic (exact) mass is 368 g/mol. The molecular formula is C21H24N2O4. The van der Waals surface area contributed by atoms with Crippen molar-refractivity contribution in [2.45, 2.75) is 18.6 Å². The number of amides is 2. The molecule has 1 aliphatic heterocycles. The molecule has 1 fully saturated rings. The van der Waals surface area contributed by atoms with Crippen LogP contribution in [0.5, 0.6) is 5.75 Å². The molecule has 6 heteroatoms. The second-order valence-corrected chi connectivity index (χ2v) is 6.40. The first-order valence-electron chi connectivity index (χ1n) is 9.04. The maximum absolute atomic E-state index is 12.7. The summed E-state index contributed by atoms with van der Waals surface area (Å²) < 4.78 is 11.2. The van der Waals surface area contributed by atoms with Crippen LogP contribution in [0.25, 0.3) is 0 Å². The number of rotatable bonds is 7. The number of benzene rings is 2. The number of carbonyl (C=O) groups is 2. The van der Waals surface area contributed by atoms with Gasteiger partial charge in [-0.25, -0.2) is 0 Å². The van der Waals surface area contributed by atoms with E-state index in [2.05, 4.69) is 5.32 Å². The second kappa shape index (κ2) is 9.19. The van der Waals surface area contributed by atoms with Gasteiger partial charge in [0.25, 0.3) is 5.91 Å². The zero-order valence-corrected chi connectivity index (χ0v) is 15.3. The molecule has 0 bridgehead atoms. The molecule has 0 aliphatic carbocycles. The van der Waals surface area contributed by atoms with Crippen molar-refractivity contribution in [2.75, 3.05) is 26.8 Å². The van der Waals surface area contributed by atoms with Crippen LogP contribution >= 0.6 is 0 Å². The number of nitrogens with zero attached hydrogens (tertiary/aromatic N) is 1. The lowest BCUT2D eigenvalue weighted by atomic mass is 9.97. The van der Waals surface area contributed by atoms with E-state index < -0.39 is 12.1 Å². The summed E-state index contributed by atoms with van der Waals surface area (Å²) in [5, 5.41) is 2.89. The van der Waals surface area contributed by atoms with Gasteiger partial charge in [0.2, 0.25) is 5.91 Å². The van der Waals surface area contributed by atoms with E-state index in [-0.39, 0.29) is 18.4 Å². The van der Waals surface area contributed by atoms with E-state index in [0.29, 0.717) is 19.6 Å². The van der Waals surface area contributed by atoms with Gasteiger partial charge in [-0.15, -0.1) is 0 Å². The Morgan fingerprint density at radius 3 is 2.52 bits per heavy atom. The van der Waals surface area contributed by atoms with Crippen molar-refractivity contribution in [3.05, 3.63) is 66.2 Å². The van der Waals surface area contributed by atoms with Crippen LogP contribution in [0.2, 0.25) is 0 Å². The van der Waals surface area contributed by atoms with Gasteiger partial charge in [0.1, 0.15) is 12.4 Å². The minimum Gasteiger partial charge on any atom is -0.494 e. The Labute approximate surface area is 159 Å². The van der Waals surface area contributed by atoms with Gasteiger partial charge in [0.05, 0.1) is 12.6 Å². The van der Waals surface area contributed by atoms with Crippen LogP contribution in [0.4, 0.5) is 0 Å². The minimum absolute atomic E-state index is 0.0883. The van der Waals surface area contributed by atoms with Crippen LogP contribution in [-0.2, 0) is 14.3 Å². The van der Waals surface area contributed by atoms with Gasteiger partial charge in [0, 0.05) is 13.6 Å². The number of likely N-dealkylation sites (N-methyl/N-ethyl adjacent to an activating group) is 1. The van der Waals surface area contributed by atoms with Gasteiger partial charge in [-0.1, -0.05) is 48.5 Å². The first-order valence-corrected chi connectivity index (χ1v) is 9.04. The summed E-state index contributed by atoms with van der Waals surface area (Å²) in [6, 6.07) is 18.6. The van der Waals surface area contributed by atoms with Crippen molar-refractivity contribution in [3.8, 4) is 5.75 Å². The van der Waals surface area contributed by atoms with Crippen LogP contribution in [0, 0.1) is 0 Å². The summed E-state index contributed by atoms with van der Waals surface area (Å²) in [6.45, 7) is 0.899. The zero-order valence-electron chi connectivity index (χ0n) is 15.3. The first kappa shape index (κ1) is 18.9. The molecule has 2 amide bonds. The van der Waals surface area contributed by atoms with Gasteiger partial charge in [-0.05, 0) is 24.1 Å². The fourth-order valence-corrected chi connectivity index (χ4v) is 3.07. The Bertz CT molecular complexity index is 751. The molecule has 0 spiro atoms. The molecule has 2 aromatic rings. The Kier molecular flexibility index (Phi) is 6.44. The fraction of sp³-hybridized carbons (Fsp3) is 0.333. The summed E-state index contributed by atoms with van der Waals surface area (Å²) in [5.74, 6) is 0.454. The number of hydrogen-bond acceptors (Lipinski definition) is 4. The molecule has 1 N–H and O–H groups in total. The van der Waals surface area contributed by atoms with Crippen LogP contribution in [-0.4, -0.2) is 49.6 Å². The Morgan fingerprint density at radius 2 is 1.81 bits per heavy atom. The van der Waals surface area contributed by atoms with Gasteiger partial charge in [-0.2, -0.15) is 0 Å². The smallest absolute Gasteiger partial charge is 0.251 e. The van der Waals surface area contributed by atoms with E-state index in [1.54, 1.807) is 11.9 Å². The number of carbonyl (C=O) groups excluding carboxylic acids is 2. The number of morpholine rings is 1. The number of hydrogen-bond donors (Lipinski definition) is 1. The van der Waals surface area contributed by atoms with Crippen LogP contribution < -0.4 is 10.1 Å². The van der Waals surface area contributed by atoms with Crippen LogP contribution in [0.15, 0.2) is 60.7 Å². The highest BCUT2D eigenvalue weighted by atomic mass is 16.5. The van der Waals surface area contributed by atoms with E-state index in [4.69, 9.17) is 9.47 Å². The molecule has 1 heterocycles. The van der Waals surface area contributed by atoms with Crippen LogP contribution in [0.1, 0.15) is 18.0 Å². The normalized spacial score (nSPS) is 19.6. The minimum atomic E-state index is -0.731. The first-order chi connectivity index (χ1) is 13.2. The lowest BCUT2D eigenvalue weighted by Crippen LogP contribution is -2.53. The summed E-state index contributed by atoms with van der Waals surface area (Å²) in [7, 11) is 1.70. The highest BCUT2D eigenvalue weighted by molar-refractivity contribution is 5.86. The molecule has 0 unspecified atom stereocenters. The highest BCUT2D eigenvalue weighted by Gasteiger charge is 2.39. The van der Waals surface area contributed by atoms with Crippen LogP contribution in [0.3, 0.4) is 0 Å². The Balaban J connectivity index is 1.53. The number of nitrogens with one attached hydrogen (secondary N) is 1. The predicted octanol–water partition coefficient (Wildman–Crippen LogP) is 2.17. The number of ether oxygens (including phenoxy) is 2. The average molecular weight is 368 g/mol. The standard InChI is InChI=1S/C21H24N2O4/c1-23-18(24)15-27-20(19(23)16-9-4-2-5-10-16)21(25)22-13-8-14-26-17-11-6-3-7-12-17/h2-7,9-12,19-20H,8,13-15H2,1H3,(H,22,25)/t19-,20-/m0/s1. The van der Waals surface area contributed by atoms with Crippen molar-refractivity contribution in [3.63, 3.8) is 0 Å². The molecule has 2 atom stereocenters. The Hall–Kier alpha value is -2.86. The molecule has 1 aliphatic rings. The third kappa shape index (κ3) is 4.86. The molecular weight excluding hydrogens is 344 g/mol. The summed E-state index contributed by atoms with van der Waals surface area (Å²) in [4.78, 5) is 26.3. The second-order valence-electron chi connectivity index (χ2n) is 6.40. The highest BCUT2D eigenvalue weighted by Crippen LogP contribution is 2.29. The van der Waals surface area contributed by atoms with E-state index in [1.165, 1.54) is 0 Å². The van der Waals surface area contributed by atoms with Crippen molar-refractivity contribution in [2.24, 2.45) is 0 Å². The van der Waals surface area contributed by atoms with E-state index in [0.717, 1.165) is 11.3 Å². The maximum Gasteiger partial charge on any atom is 0.251 e. The van der Waals surface area contributed by atoms with Crippen molar-refractivity contribution < 1.29 is 19.1 Å². The summed E-state index contributed by atoms with van der Waals surface area (Å²) in [5.41, 5.74) is 0.876. The predicted molar refractivity (Wildman–Crippen MR) is 101 cm³/mol. The van der Waals surface area contributed by atoms with Crippen molar-refractivity contribution >= 4 is 11.8 Å². The molecule has 3 rings (SSSR count). The molecule has 0 radical (unpaired) electrons. The molecule has 1 saturated heterocycles. The molecule has 2 aromatic carbocycles. The van der Waals surface area contributed by atoms with E-state index >= 15 is 0 Å². The lowest BCUT2D eigenvalue weighted by Gasteiger charge is -2.38. The van der Waals surface area contributed by atoms with Gasteiger partial charge < -0.3 is 19.7 Å². The maximum atomic E-state index is 12.7. The third-order valence-electron chi connectivity index (χ3n) is 4.52. The molecule has 6 nitrogen and oxygen atoms in total. The van der Waals surface area contributed by atoms with E-state index in [9.17, 15) is 9.59 Å². The third-order valence-corrected chi connectivity index (χ3v) is 4.52. The van der Waals surface area contributed by atoms with E-state index in [1.807, 2.05) is 60.7 Å². The molecule has 142 valence electrons. The Morgan fingerprint density at radius 1 is 1.15 bits per heavy atom. The number of para-hydroxylation sites is 1. The topological polar surface area (TPSA) is 67.9 Å². The van der Waals surface area contributed by atoms with Crippen molar-refractivity contribution in [1.29, 1.82) is 0 Å². The quantitative estimate of drug-likeness (QED) is 0.761. The molecule has 27 heavy (non-hydrogen) atoms. The molecule has 0 saturated carbocycles. The molecule has 0 aromatic heterocycles. The van der Waals surface area contributed by atoms with Gasteiger partial charge in [-0.3, -0.25) is 9.59 Å². The SMILES string of the molecule is CN1C(=O)CO[C@H](C(=O)NCCCOc2ccccc2)[C@@H]1c1ccccc1. The summed E-state index contributed by atoms with van der Waals surface area (Å²) in [6.07, 6.45) is -0.0527. The van der Waals surface area contributed by atoms with Gasteiger partial charge >= 0.3 is 0 Å². The zero-order chi connectivity index (χ0) is 19.1. The lowest BCUT2D eigenvalue weighted by molar-refractivity contribution is -0.162. The summed E-state index contributed by atoms with van der Waals surface area (Å²) >= 11 is 0. The largest absolute Gasteiger partial charge is 0.494 e. The van der Waals surface area contributed by atoms with Crippen molar-refractivity contribution in [1.82, 2.24) is 10.2 Å². The van der Waals surface area contributed by atoms with Gasteiger partial charge in [0.15, 0.2) is 6.10 Å².